The fourth-order valence-electron chi connectivity index (χ4n) is 3.03. The molecule has 1 saturated heterocycles. The van der Waals surface area contributed by atoms with Crippen LogP contribution in [0.3, 0.4) is 0 Å². The van der Waals surface area contributed by atoms with E-state index in [2.05, 4.69) is 37.9 Å². The van der Waals surface area contributed by atoms with Crippen LogP contribution in [0.1, 0.15) is 38.1 Å². The van der Waals surface area contributed by atoms with E-state index < -0.39 is 0 Å². The van der Waals surface area contributed by atoms with Crippen molar-refractivity contribution in [1.29, 1.82) is 0 Å². The van der Waals surface area contributed by atoms with E-state index in [0.717, 1.165) is 31.1 Å². The first-order valence-corrected chi connectivity index (χ1v) is 10.6. The number of carbonyl (C=O) groups is 2. The van der Waals surface area contributed by atoms with Crippen LogP contribution in [0.4, 0.5) is 5.69 Å². The van der Waals surface area contributed by atoms with Crippen LogP contribution in [0.25, 0.3) is 0 Å². The highest BCUT2D eigenvalue weighted by atomic mass is 32.2. The molecule has 1 aromatic carbocycles. The zero-order valence-electron chi connectivity index (χ0n) is 16.3. The molecule has 0 saturated carbocycles. The van der Waals surface area contributed by atoms with E-state index >= 15 is 0 Å². The topological polar surface area (TPSA) is 52.7 Å². The smallest absolute Gasteiger partial charge is 0.253 e. The second-order valence-electron chi connectivity index (χ2n) is 7.08. The molecule has 1 aliphatic heterocycles. The number of hydrogen-bond acceptors (Lipinski definition) is 4. The minimum absolute atomic E-state index is 0.0432. The van der Waals surface area contributed by atoms with E-state index in [1.807, 2.05) is 34.9 Å². The van der Waals surface area contributed by atoms with E-state index in [1.165, 1.54) is 0 Å². The number of rotatable bonds is 7. The summed E-state index contributed by atoms with van der Waals surface area (Å²) in [7, 11) is 0. The van der Waals surface area contributed by atoms with Crippen LogP contribution >= 0.6 is 11.8 Å². The summed E-state index contributed by atoms with van der Waals surface area (Å²) in [6.07, 6.45) is 0. The quantitative estimate of drug-likeness (QED) is 0.793. The van der Waals surface area contributed by atoms with Crippen molar-refractivity contribution in [2.24, 2.45) is 5.92 Å². The van der Waals surface area contributed by atoms with Gasteiger partial charge in [-0.15, -0.1) is 0 Å². The van der Waals surface area contributed by atoms with Gasteiger partial charge in [0.15, 0.2) is 0 Å². The molecule has 2 amide bonds. The lowest BCUT2D eigenvalue weighted by molar-refractivity contribution is -0.117. The lowest BCUT2D eigenvalue weighted by Crippen LogP contribution is -2.41. The predicted octanol–water partition coefficient (Wildman–Crippen LogP) is 3.18. The molecule has 6 heteroatoms. The van der Waals surface area contributed by atoms with Crippen LogP contribution in [0.5, 0.6) is 0 Å². The maximum Gasteiger partial charge on any atom is 0.253 e. The van der Waals surface area contributed by atoms with Crippen LogP contribution < -0.4 is 5.32 Å². The predicted molar refractivity (Wildman–Crippen MR) is 110 cm³/mol. The molecule has 1 atom stereocenters. The van der Waals surface area contributed by atoms with Gasteiger partial charge in [-0.25, -0.2) is 0 Å². The third kappa shape index (κ3) is 5.74. The first-order chi connectivity index (χ1) is 12.4. The number of anilines is 1. The fourth-order valence-corrected chi connectivity index (χ4v) is 3.93. The minimum Gasteiger partial charge on any atom is -0.337 e. The third-order valence-electron chi connectivity index (χ3n) is 4.99. The van der Waals surface area contributed by atoms with Gasteiger partial charge >= 0.3 is 0 Å². The van der Waals surface area contributed by atoms with Gasteiger partial charge in [0, 0.05) is 41.9 Å². The molecule has 26 heavy (non-hydrogen) atoms. The Morgan fingerprint density at radius 2 is 1.92 bits per heavy atom. The third-order valence-corrected chi connectivity index (χ3v) is 5.93. The molecule has 0 bridgehead atoms. The van der Waals surface area contributed by atoms with Crippen LogP contribution in [-0.4, -0.2) is 65.3 Å². The summed E-state index contributed by atoms with van der Waals surface area (Å²) in [5.74, 6) is 2.47. The molecule has 0 spiro atoms. The molecule has 144 valence electrons. The molecule has 5 nitrogen and oxygen atoms in total. The largest absolute Gasteiger partial charge is 0.337 e. The van der Waals surface area contributed by atoms with Crippen LogP contribution in [-0.2, 0) is 4.79 Å². The van der Waals surface area contributed by atoms with Crippen molar-refractivity contribution >= 4 is 29.3 Å². The van der Waals surface area contributed by atoms with Crippen LogP contribution in [0.2, 0.25) is 0 Å². The molecule has 0 aliphatic carbocycles. The Morgan fingerprint density at radius 1 is 1.23 bits per heavy atom. The highest BCUT2D eigenvalue weighted by molar-refractivity contribution is 7.99. The number of carbonyl (C=O) groups excluding carboxylic acids is 2. The summed E-state index contributed by atoms with van der Waals surface area (Å²) in [5.41, 5.74) is 1.32. The highest BCUT2D eigenvalue weighted by Crippen LogP contribution is 2.17. The maximum absolute atomic E-state index is 12.6. The highest BCUT2D eigenvalue weighted by Gasteiger charge is 2.20. The Hall–Kier alpha value is -1.53. The fraction of sp³-hybridized carbons (Fsp3) is 0.600. The van der Waals surface area contributed by atoms with E-state index in [-0.39, 0.29) is 11.8 Å². The number of benzene rings is 1. The number of nitrogens with zero attached hydrogens (tertiary/aromatic N) is 2. The molecule has 1 heterocycles. The Labute approximate surface area is 161 Å². The van der Waals surface area contributed by atoms with Crippen LogP contribution in [0.15, 0.2) is 24.3 Å². The first kappa shape index (κ1) is 20.8. The maximum atomic E-state index is 12.6. The van der Waals surface area contributed by atoms with Gasteiger partial charge in [0.25, 0.3) is 5.91 Å². The van der Waals surface area contributed by atoms with Crippen molar-refractivity contribution in [2.75, 3.05) is 43.0 Å². The average Bonchev–Trinajstić information content (AvgIpc) is 2.65. The van der Waals surface area contributed by atoms with E-state index in [0.29, 0.717) is 29.8 Å². The number of likely N-dealkylation sites (N-methyl/N-ethyl adjacent to an activating group) is 1. The second kappa shape index (κ2) is 9.97. The Kier molecular flexibility index (Phi) is 7.97. The van der Waals surface area contributed by atoms with Gasteiger partial charge in [-0.2, -0.15) is 11.8 Å². The van der Waals surface area contributed by atoms with Gasteiger partial charge in [-0.1, -0.05) is 26.8 Å². The second-order valence-corrected chi connectivity index (χ2v) is 8.31. The lowest BCUT2D eigenvalue weighted by Gasteiger charge is -2.30. The van der Waals surface area contributed by atoms with E-state index in [1.54, 1.807) is 6.07 Å². The van der Waals surface area contributed by atoms with Crippen molar-refractivity contribution in [3.63, 3.8) is 0 Å². The van der Waals surface area contributed by atoms with Gasteiger partial charge < -0.3 is 10.2 Å². The van der Waals surface area contributed by atoms with Crippen molar-refractivity contribution in [3.05, 3.63) is 29.8 Å². The monoisotopic (exact) mass is 377 g/mol. The van der Waals surface area contributed by atoms with Gasteiger partial charge in [0.2, 0.25) is 5.91 Å². The standard InChI is InChI=1S/C20H31N3O2S/c1-5-22(16(4)15(2)3)14-19(24)21-18-8-6-7-17(13-18)20(25)23-9-11-26-12-10-23/h6-8,13,15-16H,5,9-12,14H2,1-4H3,(H,21,24). The van der Waals surface area contributed by atoms with Gasteiger partial charge in [0.1, 0.15) is 0 Å². The summed E-state index contributed by atoms with van der Waals surface area (Å²) in [5, 5.41) is 2.94. The summed E-state index contributed by atoms with van der Waals surface area (Å²) < 4.78 is 0. The average molecular weight is 378 g/mol. The molecule has 1 unspecified atom stereocenters. The van der Waals surface area contributed by atoms with E-state index in [9.17, 15) is 9.59 Å². The van der Waals surface area contributed by atoms with Crippen molar-refractivity contribution in [2.45, 2.75) is 33.7 Å². The number of thioether (sulfide) groups is 1. The molecule has 2 rings (SSSR count). The molecule has 1 aliphatic rings. The Morgan fingerprint density at radius 3 is 2.54 bits per heavy atom. The summed E-state index contributed by atoms with van der Waals surface area (Å²) in [6, 6.07) is 7.61. The SMILES string of the molecule is CCN(CC(=O)Nc1cccc(C(=O)N2CCSCC2)c1)C(C)C(C)C. The molecule has 1 fully saturated rings. The number of nitrogens with one attached hydrogen (secondary N) is 1. The molecule has 0 radical (unpaired) electrons. The molecule has 0 aromatic heterocycles. The summed E-state index contributed by atoms with van der Waals surface area (Å²) in [4.78, 5) is 29.1. The summed E-state index contributed by atoms with van der Waals surface area (Å²) >= 11 is 1.88. The molecular weight excluding hydrogens is 346 g/mol. The molecule has 1 aromatic rings. The normalized spacial score (nSPS) is 16.0. The lowest BCUT2D eigenvalue weighted by atomic mass is 10.0. The van der Waals surface area contributed by atoms with Crippen molar-refractivity contribution < 1.29 is 9.59 Å². The van der Waals surface area contributed by atoms with Crippen molar-refractivity contribution in [3.8, 4) is 0 Å². The molecule has 1 N–H and O–H groups in total. The Balaban J connectivity index is 1.98. The van der Waals surface area contributed by atoms with E-state index in [4.69, 9.17) is 0 Å². The Bertz CT molecular complexity index is 615. The van der Waals surface area contributed by atoms with Crippen LogP contribution in [0, 0.1) is 5.92 Å². The van der Waals surface area contributed by atoms with Gasteiger partial charge in [-0.3, -0.25) is 14.5 Å². The minimum atomic E-state index is -0.0432. The van der Waals surface area contributed by atoms with Crippen molar-refractivity contribution in [1.82, 2.24) is 9.80 Å². The zero-order valence-corrected chi connectivity index (χ0v) is 17.1. The summed E-state index contributed by atoms with van der Waals surface area (Å²) in [6.45, 7) is 11.3. The number of amides is 2. The zero-order chi connectivity index (χ0) is 19.1. The first-order valence-electron chi connectivity index (χ1n) is 9.43. The van der Waals surface area contributed by atoms with Gasteiger partial charge in [-0.05, 0) is 37.6 Å². The molecular formula is C20H31N3O2S. The van der Waals surface area contributed by atoms with Gasteiger partial charge in [0.05, 0.1) is 6.54 Å². The number of hydrogen-bond donors (Lipinski definition) is 1.